The molecule has 0 aliphatic carbocycles. The number of aromatic hydroxyl groups is 1. The fourth-order valence-electron chi connectivity index (χ4n) is 3.12. The molecule has 2 aromatic carbocycles. The maximum atomic E-state index is 12.8. The molecule has 0 aliphatic rings. The molecule has 1 atom stereocenters. The van der Waals surface area contributed by atoms with Crippen LogP contribution in [0.3, 0.4) is 0 Å². The Morgan fingerprint density at radius 3 is 2.57 bits per heavy atom. The topological polar surface area (TPSA) is 75.1 Å². The minimum Gasteiger partial charge on any atom is -0.505 e. The van der Waals surface area contributed by atoms with E-state index in [2.05, 4.69) is 15.3 Å². The van der Waals surface area contributed by atoms with Gasteiger partial charge in [-0.1, -0.05) is 41.9 Å². The van der Waals surface area contributed by atoms with E-state index in [0.717, 1.165) is 5.56 Å². The van der Waals surface area contributed by atoms with Crippen LogP contribution in [0.1, 0.15) is 27.5 Å². The third-order valence-electron chi connectivity index (χ3n) is 4.49. The summed E-state index contributed by atoms with van der Waals surface area (Å²) in [6.45, 7) is 0. The largest absolute Gasteiger partial charge is 0.505 e. The molecular weight excluding hydrogens is 374 g/mol. The van der Waals surface area contributed by atoms with Gasteiger partial charge in [0.15, 0.2) is 0 Å². The van der Waals surface area contributed by atoms with Crippen LogP contribution in [0.15, 0.2) is 79.3 Å². The quantitative estimate of drug-likeness (QED) is 0.538. The summed E-state index contributed by atoms with van der Waals surface area (Å²) >= 11 is 6.45. The van der Waals surface area contributed by atoms with Gasteiger partial charge < -0.3 is 10.4 Å². The van der Waals surface area contributed by atoms with E-state index in [0.29, 0.717) is 27.1 Å². The third kappa shape index (κ3) is 3.40. The van der Waals surface area contributed by atoms with Crippen molar-refractivity contribution >= 4 is 28.4 Å². The molecule has 5 nitrogen and oxygen atoms in total. The average molecular weight is 390 g/mol. The van der Waals surface area contributed by atoms with E-state index in [1.165, 1.54) is 6.20 Å². The highest BCUT2D eigenvalue weighted by molar-refractivity contribution is 6.35. The van der Waals surface area contributed by atoms with Crippen LogP contribution in [0.5, 0.6) is 5.75 Å². The van der Waals surface area contributed by atoms with Gasteiger partial charge in [0, 0.05) is 29.5 Å². The number of pyridine rings is 2. The van der Waals surface area contributed by atoms with Crippen molar-refractivity contribution in [2.24, 2.45) is 0 Å². The van der Waals surface area contributed by atoms with Gasteiger partial charge in [-0.3, -0.25) is 14.8 Å². The molecule has 2 heterocycles. The lowest BCUT2D eigenvalue weighted by atomic mass is 9.96. The van der Waals surface area contributed by atoms with Gasteiger partial charge >= 0.3 is 0 Å². The number of aromatic nitrogens is 2. The highest BCUT2D eigenvalue weighted by Crippen LogP contribution is 2.38. The second-order valence-electron chi connectivity index (χ2n) is 6.25. The van der Waals surface area contributed by atoms with E-state index in [-0.39, 0.29) is 11.7 Å². The molecule has 0 unspecified atom stereocenters. The minimum atomic E-state index is -0.613. The Morgan fingerprint density at radius 2 is 1.82 bits per heavy atom. The van der Waals surface area contributed by atoms with E-state index < -0.39 is 6.04 Å². The molecule has 0 spiro atoms. The van der Waals surface area contributed by atoms with Crippen LogP contribution in [0.2, 0.25) is 5.02 Å². The molecule has 2 aromatic heterocycles. The second kappa shape index (κ2) is 7.66. The van der Waals surface area contributed by atoms with Crippen molar-refractivity contribution in [3.8, 4) is 5.75 Å². The number of amides is 1. The molecule has 0 saturated heterocycles. The van der Waals surface area contributed by atoms with E-state index in [9.17, 15) is 9.90 Å². The predicted molar refractivity (Wildman–Crippen MR) is 108 cm³/mol. The van der Waals surface area contributed by atoms with Gasteiger partial charge in [-0.05, 0) is 35.9 Å². The van der Waals surface area contributed by atoms with Crippen LogP contribution in [0.25, 0.3) is 10.9 Å². The smallest absolute Gasteiger partial charge is 0.253 e. The highest BCUT2D eigenvalue weighted by Gasteiger charge is 2.23. The number of phenolic OH excluding ortho intramolecular Hbond substituents is 1. The first-order valence-electron chi connectivity index (χ1n) is 8.67. The molecule has 0 bridgehead atoms. The number of carbonyl (C=O) groups excluding carboxylic acids is 1. The van der Waals surface area contributed by atoms with Gasteiger partial charge in [0.1, 0.15) is 11.3 Å². The summed E-state index contributed by atoms with van der Waals surface area (Å²) in [7, 11) is 0. The second-order valence-corrected chi connectivity index (χ2v) is 6.66. The van der Waals surface area contributed by atoms with Crippen molar-refractivity contribution in [1.29, 1.82) is 0 Å². The number of carbonyl (C=O) groups is 1. The highest BCUT2D eigenvalue weighted by atomic mass is 35.5. The van der Waals surface area contributed by atoms with Gasteiger partial charge in [0.05, 0.1) is 16.6 Å². The number of nitrogens with zero attached hydrogens (tertiary/aromatic N) is 2. The lowest BCUT2D eigenvalue weighted by Gasteiger charge is -2.22. The fourth-order valence-corrected chi connectivity index (χ4v) is 3.39. The Kier molecular flexibility index (Phi) is 4.91. The van der Waals surface area contributed by atoms with Crippen LogP contribution in [0.4, 0.5) is 0 Å². The number of fused-ring (bicyclic) bond motifs is 1. The van der Waals surface area contributed by atoms with Crippen molar-refractivity contribution in [2.45, 2.75) is 6.04 Å². The number of halogens is 1. The first kappa shape index (κ1) is 17.9. The number of benzene rings is 2. The number of rotatable bonds is 4. The summed E-state index contributed by atoms with van der Waals surface area (Å²) in [4.78, 5) is 21.0. The maximum Gasteiger partial charge on any atom is 0.253 e. The molecule has 0 aliphatic heterocycles. The fraction of sp³-hybridized carbons (Fsp3) is 0.0455. The van der Waals surface area contributed by atoms with Crippen LogP contribution < -0.4 is 5.32 Å². The summed E-state index contributed by atoms with van der Waals surface area (Å²) in [6.07, 6.45) is 4.69. The summed E-state index contributed by atoms with van der Waals surface area (Å²) in [5.41, 5.74) is 2.09. The maximum absolute atomic E-state index is 12.8. The van der Waals surface area contributed by atoms with Gasteiger partial charge in [-0.15, -0.1) is 0 Å². The van der Waals surface area contributed by atoms with E-state index >= 15 is 0 Å². The molecule has 28 heavy (non-hydrogen) atoms. The zero-order valence-corrected chi connectivity index (χ0v) is 15.5. The lowest BCUT2D eigenvalue weighted by Crippen LogP contribution is -2.29. The monoisotopic (exact) mass is 389 g/mol. The standard InChI is InChI=1S/C22H16ClN3O2/c23-18-12-17(21(27)20-16(18)9-5-11-25-20)19(14-6-2-1-3-7-14)26-22(28)15-8-4-10-24-13-15/h1-13,19,27H,(H,26,28)/t19-/m1/s1. The summed E-state index contributed by atoms with van der Waals surface area (Å²) in [5.74, 6) is -0.320. The first-order valence-corrected chi connectivity index (χ1v) is 9.05. The molecule has 4 rings (SSSR count). The van der Waals surface area contributed by atoms with E-state index in [1.807, 2.05) is 30.3 Å². The van der Waals surface area contributed by atoms with Gasteiger partial charge in [0.25, 0.3) is 5.91 Å². The van der Waals surface area contributed by atoms with Gasteiger partial charge in [0.2, 0.25) is 0 Å². The average Bonchev–Trinajstić information content (AvgIpc) is 2.76. The Morgan fingerprint density at radius 1 is 1.04 bits per heavy atom. The Bertz CT molecular complexity index is 1130. The number of hydrogen-bond acceptors (Lipinski definition) is 4. The Labute approximate surface area is 166 Å². The zero-order chi connectivity index (χ0) is 19.5. The van der Waals surface area contributed by atoms with Crippen molar-refractivity contribution < 1.29 is 9.90 Å². The zero-order valence-electron chi connectivity index (χ0n) is 14.7. The normalized spacial score (nSPS) is 11.9. The summed E-state index contributed by atoms with van der Waals surface area (Å²) < 4.78 is 0. The number of nitrogens with one attached hydrogen (secondary N) is 1. The molecule has 6 heteroatoms. The Balaban J connectivity index is 1.84. The molecule has 1 amide bonds. The first-order chi connectivity index (χ1) is 13.6. The predicted octanol–water partition coefficient (Wildman–Crippen LogP) is 4.51. The molecule has 4 aromatic rings. The SMILES string of the molecule is O=C(N[C@H](c1ccccc1)c1cc(Cl)c2cccnc2c1O)c1cccnc1. The van der Waals surface area contributed by atoms with Crippen molar-refractivity contribution in [3.63, 3.8) is 0 Å². The summed E-state index contributed by atoms with van der Waals surface area (Å²) in [5, 5.41) is 15.0. The minimum absolute atomic E-state index is 0.0136. The summed E-state index contributed by atoms with van der Waals surface area (Å²) in [6, 6.07) is 17.4. The molecular formula is C22H16ClN3O2. The third-order valence-corrected chi connectivity index (χ3v) is 4.80. The van der Waals surface area contributed by atoms with Gasteiger partial charge in [-0.2, -0.15) is 0 Å². The molecule has 0 fully saturated rings. The van der Waals surface area contributed by atoms with E-state index in [4.69, 9.17) is 11.6 Å². The Hall–Kier alpha value is -3.44. The van der Waals surface area contributed by atoms with Gasteiger partial charge in [-0.25, -0.2) is 0 Å². The number of hydrogen-bond donors (Lipinski definition) is 2. The van der Waals surface area contributed by atoms with Crippen LogP contribution in [-0.4, -0.2) is 21.0 Å². The van der Waals surface area contributed by atoms with Crippen LogP contribution >= 0.6 is 11.6 Å². The number of phenols is 1. The van der Waals surface area contributed by atoms with Crippen molar-refractivity contribution in [2.75, 3.05) is 0 Å². The molecule has 2 N–H and O–H groups in total. The lowest BCUT2D eigenvalue weighted by molar-refractivity contribution is 0.0942. The van der Waals surface area contributed by atoms with Crippen molar-refractivity contribution in [1.82, 2.24) is 15.3 Å². The molecule has 138 valence electrons. The van der Waals surface area contributed by atoms with E-state index in [1.54, 1.807) is 42.7 Å². The van der Waals surface area contributed by atoms with Crippen LogP contribution in [-0.2, 0) is 0 Å². The molecule has 0 saturated carbocycles. The van der Waals surface area contributed by atoms with Crippen molar-refractivity contribution in [3.05, 3.63) is 101 Å². The van der Waals surface area contributed by atoms with Crippen LogP contribution in [0, 0.1) is 0 Å². The molecule has 0 radical (unpaired) electrons.